The Morgan fingerprint density at radius 1 is 1.47 bits per heavy atom. The van der Waals surface area contributed by atoms with E-state index in [0.717, 1.165) is 10.0 Å². The molecule has 0 saturated heterocycles. The normalized spacial score (nSPS) is 10.7. The highest BCUT2D eigenvalue weighted by atomic mass is 79.9. The molecule has 1 aromatic heterocycles. The minimum absolute atomic E-state index is 0.0556. The van der Waals surface area contributed by atoms with E-state index in [1.807, 2.05) is 12.1 Å². The smallest absolute Gasteiger partial charge is 0.187 e. The van der Waals surface area contributed by atoms with Gasteiger partial charge in [-0.3, -0.25) is 4.79 Å². The van der Waals surface area contributed by atoms with Crippen LogP contribution < -0.4 is 5.73 Å². The zero-order chi connectivity index (χ0) is 13.8. The number of halogens is 2. The van der Waals surface area contributed by atoms with Gasteiger partial charge in [-0.15, -0.1) is 0 Å². The van der Waals surface area contributed by atoms with Crippen molar-refractivity contribution >= 4 is 33.3 Å². The summed E-state index contributed by atoms with van der Waals surface area (Å²) in [5.74, 6) is -0.0556. The third-order valence-electron chi connectivity index (χ3n) is 2.67. The van der Waals surface area contributed by atoms with Gasteiger partial charge in [-0.2, -0.15) is 0 Å². The van der Waals surface area contributed by atoms with E-state index in [9.17, 15) is 4.79 Å². The molecule has 0 bridgehead atoms. The third kappa shape index (κ3) is 3.65. The van der Waals surface area contributed by atoms with Crippen LogP contribution in [-0.4, -0.2) is 21.9 Å². The first-order valence-electron chi connectivity index (χ1n) is 5.79. The average Bonchev–Trinajstić information content (AvgIpc) is 2.82. The highest BCUT2D eigenvalue weighted by Gasteiger charge is 2.12. The Balaban J connectivity index is 2.11. The standard InChI is InChI=1S/C13H13BrClN3O/c14-10-2-1-9(11(15)6-10)5-13(19)12-7-18(4-3-16)8-17-12/h1-2,6-8H,3-5,16H2. The van der Waals surface area contributed by atoms with Crippen LogP contribution in [0, 0.1) is 0 Å². The predicted molar refractivity (Wildman–Crippen MR) is 78.5 cm³/mol. The number of carbonyl (C=O) groups excluding carboxylic acids is 1. The van der Waals surface area contributed by atoms with E-state index in [0.29, 0.717) is 23.8 Å². The summed E-state index contributed by atoms with van der Waals surface area (Å²) in [5, 5.41) is 0.573. The van der Waals surface area contributed by atoms with Crippen molar-refractivity contribution in [3.05, 3.63) is 51.5 Å². The first kappa shape index (κ1) is 14.2. The average molecular weight is 343 g/mol. The van der Waals surface area contributed by atoms with Gasteiger partial charge in [0.05, 0.1) is 6.33 Å². The molecule has 100 valence electrons. The first-order chi connectivity index (χ1) is 9.10. The largest absolute Gasteiger partial charge is 0.335 e. The van der Waals surface area contributed by atoms with Gasteiger partial charge in [0, 0.05) is 35.2 Å². The molecule has 2 aromatic rings. The lowest BCUT2D eigenvalue weighted by Gasteiger charge is -2.03. The van der Waals surface area contributed by atoms with E-state index in [2.05, 4.69) is 20.9 Å². The minimum atomic E-state index is -0.0556. The van der Waals surface area contributed by atoms with Gasteiger partial charge >= 0.3 is 0 Å². The molecule has 0 aliphatic rings. The van der Waals surface area contributed by atoms with Crippen molar-refractivity contribution in [1.29, 1.82) is 0 Å². The van der Waals surface area contributed by atoms with Gasteiger partial charge in [-0.25, -0.2) is 4.98 Å². The van der Waals surface area contributed by atoms with Crippen LogP contribution in [0.15, 0.2) is 35.2 Å². The van der Waals surface area contributed by atoms with E-state index >= 15 is 0 Å². The fraction of sp³-hybridized carbons (Fsp3) is 0.231. The summed E-state index contributed by atoms with van der Waals surface area (Å²) in [4.78, 5) is 16.2. The zero-order valence-corrected chi connectivity index (χ0v) is 12.5. The molecule has 0 atom stereocenters. The van der Waals surface area contributed by atoms with E-state index in [4.69, 9.17) is 17.3 Å². The predicted octanol–water partition coefficient (Wildman–Crippen LogP) is 2.68. The third-order valence-corrected chi connectivity index (χ3v) is 3.52. The van der Waals surface area contributed by atoms with Crippen LogP contribution in [0.1, 0.15) is 16.1 Å². The summed E-state index contributed by atoms with van der Waals surface area (Å²) >= 11 is 9.42. The van der Waals surface area contributed by atoms with Crippen molar-refractivity contribution in [2.45, 2.75) is 13.0 Å². The monoisotopic (exact) mass is 341 g/mol. The maximum Gasteiger partial charge on any atom is 0.187 e. The summed E-state index contributed by atoms with van der Waals surface area (Å²) in [7, 11) is 0. The topological polar surface area (TPSA) is 60.9 Å². The molecular weight excluding hydrogens is 330 g/mol. The van der Waals surface area contributed by atoms with Crippen LogP contribution >= 0.6 is 27.5 Å². The molecule has 0 amide bonds. The van der Waals surface area contributed by atoms with E-state index in [1.54, 1.807) is 23.2 Å². The van der Waals surface area contributed by atoms with Crippen molar-refractivity contribution in [3.63, 3.8) is 0 Å². The number of hydrogen-bond donors (Lipinski definition) is 1. The Morgan fingerprint density at radius 3 is 2.95 bits per heavy atom. The Morgan fingerprint density at radius 2 is 2.26 bits per heavy atom. The van der Waals surface area contributed by atoms with Crippen molar-refractivity contribution in [2.75, 3.05) is 6.54 Å². The van der Waals surface area contributed by atoms with Gasteiger partial charge in [0.1, 0.15) is 5.69 Å². The summed E-state index contributed by atoms with van der Waals surface area (Å²) in [6, 6.07) is 5.47. The number of ketones is 1. The summed E-state index contributed by atoms with van der Waals surface area (Å²) < 4.78 is 2.69. The lowest BCUT2D eigenvalue weighted by Crippen LogP contribution is -2.08. The fourth-order valence-electron chi connectivity index (χ4n) is 1.70. The van der Waals surface area contributed by atoms with E-state index in [-0.39, 0.29) is 12.2 Å². The van der Waals surface area contributed by atoms with Gasteiger partial charge in [0.15, 0.2) is 5.78 Å². The quantitative estimate of drug-likeness (QED) is 0.850. The van der Waals surface area contributed by atoms with Crippen molar-refractivity contribution in [1.82, 2.24) is 9.55 Å². The van der Waals surface area contributed by atoms with Gasteiger partial charge in [-0.05, 0) is 17.7 Å². The molecule has 0 aliphatic carbocycles. The number of Topliss-reactive ketones (excluding diaryl/α,β-unsaturated/α-hetero) is 1. The second-order valence-corrected chi connectivity index (χ2v) is 5.44. The number of nitrogens with two attached hydrogens (primary N) is 1. The molecule has 0 aliphatic heterocycles. The number of carbonyl (C=O) groups is 1. The highest BCUT2D eigenvalue weighted by Crippen LogP contribution is 2.22. The molecule has 0 radical (unpaired) electrons. The number of benzene rings is 1. The number of nitrogens with zero attached hydrogens (tertiary/aromatic N) is 2. The molecule has 0 fully saturated rings. The molecule has 1 heterocycles. The minimum Gasteiger partial charge on any atom is -0.335 e. The summed E-state index contributed by atoms with van der Waals surface area (Å²) in [6.07, 6.45) is 3.57. The van der Waals surface area contributed by atoms with Crippen LogP contribution in [0.5, 0.6) is 0 Å². The fourth-order valence-corrected chi connectivity index (χ4v) is 2.44. The molecule has 4 nitrogen and oxygen atoms in total. The Kier molecular flexibility index (Phi) is 4.74. The van der Waals surface area contributed by atoms with Crippen molar-refractivity contribution in [2.24, 2.45) is 5.73 Å². The van der Waals surface area contributed by atoms with Crippen LogP contribution in [0.4, 0.5) is 0 Å². The van der Waals surface area contributed by atoms with Gasteiger partial charge in [0.25, 0.3) is 0 Å². The van der Waals surface area contributed by atoms with E-state index in [1.165, 1.54) is 0 Å². The number of rotatable bonds is 5. The number of aromatic nitrogens is 2. The van der Waals surface area contributed by atoms with Gasteiger partial charge < -0.3 is 10.3 Å². The second kappa shape index (κ2) is 6.32. The maximum atomic E-state index is 12.1. The van der Waals surface area contributed by atoms with Crippen LogP contribution in [0.3, 0.4) is 0 Å². The molecule has 0 spiro atoms. The highest BCUT2D eigenvalue weighted by molar-refractivity contribution is 9.10. The number of hydrogen-bond acceptors (Lipinski definition) is 3. The molecule has 1 aromatic carbocycles. The van der Waals surface area contributed by atoms with Crippen LogP contribution in [0.25, 0.3) is 0 Å². The van der Waals surface area contributed by atoms with Gasteiger partial charge in [0.2, 0.25) is 0 Å². The molecule has 19 heavy (non-hydrogen) atoms. The SMILES string of the molecule is NCCn1cnc(C(=O)Cc2ccc(Br)cc2Cl)c1. The first-order valence-corrected chi connectivity index (χ1v) is 6.96. The lowest BCUT2D eigenvalue weighted by atomic mass is 10.1. The zero-order valence-electron chi connectivity index (χ0n) is 10.1. The van der Waals surface area contributed by atoms with Crippen molar-refractivity contribution in [3.8, 4) is 0 Å². The Bertz CT molecular complexity index is 597. The molecule has 0 saturated carbocycles. The molecule has 0 unspecified atom stereocenters. The maximum absolute atomic E-state index is 12.1. The van der Waals surface area contributed by atoms with Crippen molar-refractivity contribution < 1.29 is 4.79 Å². The number of imidazole rings is 1. The van der Waals surface area contributed by atoms with Crippen LogP contribution in [0.2, 0.25) is 5.02 Å². The van der Waals surface area contributed by atoms with Gasteiger partial charge in [-0.1, -0.05) is 33.6 Å². The summed E-state index contributed by atoms with van der Waals surface area (Å²) in [6.45, 7) is 1.17. The van der Waals surface area contributed by atoms with Crippen LogP contribution in [-0.2, 0) is 13.0 Å². The van der Waals surface area contributed by atoms with E-state index < -0.39 is 0 Å². The second-order valence-electron chi connectivity index (χ2n) is 4.12. The molecular formula is C13H13BrClN3O. The molecule has 2 N–H and O–H groups in total. The Hall–Kier alpha value is -1.17. The molecule has 6 heteroatoms. The summed E-state index contributed by atoms with van der Waals surface area (Å²) in [5.41, 5.74) is 6.68. The Labute approximate surface area is 124 Å². The molecule has 2 rings (SSSR count). The lowest BCUT2D eigenvalue weighted by molar-refractivity contribution is 0.0988.